The summed E-state index contributed by atoms with van der Waals surface area (Å²) in [6.45, 7) is -0.554. The first-order chi connectivity index (χ1) is 11.5. The average Bonchev–Trinajstić information content (AvgIpc) is 2.54. The van der Waals surface area contributed by atoms with Crippen LogP contribution in [0, 0.1) is 11.6 Å². The number of nitrogens with zero attached hydrogens (tertiary/aromatic N) is 2. The number of hydrazine groups is 2. The molecule has 0 saturated carbocycles. The summed E-state index contributed by atoms with van der Waals surface area (Å²) in [5.74, 6) is -2.57. The van der Waals surface area contributed by atoms with Gasteiger partial charge in [-0.25, -0.2) is 13.8 Å². The highest BCUT2D eigenvalue weighted by Crippen LogP contribution is 2.27. The molecule has 0 unspecified atom stereocenters. The molecule has 3 N–H and O–H groups in total. The van der Waals surface area contributed by atoms with E-state index in [0.717, 1.165) is 17.1 Å². The first-order valence-electron chi connectivity index (χ1n) is 7.13. The highest BCUT2D eigenvalue weighted by molar-refractivity contribution is 6.02. The van der Waals surface area contributed by atoms with Crippen LogP contribution in [0.25, 0.3) is 0 Å². The molecule has 0 aliphatic carbocycles. The van der Waals surface area contributed by atoms with E-state index in [-0.39, 0.29) is 18.7 Å². The van der Waals surface area contributed by atoms with Crippen LogP contribution in [-0.4, -0.2) is 23.4 Å². The fourth-order valence-corrected chi connectivity index (χ4v) is 2.51. The number of anilines is 1. The van der Waals surface area contributed by atoms with Gasteiger partial charge < -0.3 is 5.73 Å². The summed E-state index contributed by atoms with van der Waals surface area (Å²) < 4.78 is 27.8. The Morgan fingerprint density at radius 3 is 2.38 bits per heavy atom. The van der Waals surface area contributed by atoms with Gasteiger partial charge in [-0.05, 0) is 24.3 Å². The van der Waals surface area contributed by atoms with Gasteiger partial charge in [0.2, 0.25) is 5.91 Å². The van der Waals surface area contributed by atoms with Gasteiger partial charge in [-0.3, -0.25) is 14.6 Å². The number of primary amides is 1. The molecule has 3 rings (SSSR count). The average molecular weight is 332 g/mol. The van der Waals surface area contributed by atoms with Gasteiger partial charge in [-0.15, -0.1) is 5.53 Å². The lowest BCUT2D eigenvalue weighted by Gasteiger charge is -2.38. The Bertz CT molecular complexity index is 792. The van der Waals surface area contributed by atoms with Crippen molar-refractivity contribution in [1.29, 1.82) is 0 Å². The van der Waals surface area contributed by atoms with Crippen LogP contribution in [0.2, 0.25) is 0 Å². The molecule has 124 valence electrons. The molecular weight excluding hydrogens is 318 g/mol. The molecule has 2 aromatic carbocycles. The highest BCUT2D eigenvalue weighted by atomic mass is 19.1. The Morgan fingerprint density at radius 1 is 1.04 bits per heavy atom. The number of carbonyl (C=O) groups excluding carboxylic acids is 2. The summed E-state index contributed by atoms with van der Waals surface area (Å²) in [4.78, 5) is 23.5. The normalized spacial score (nSPS) is 13.8. The predicted octanol–water partition coefficient (Wildman–Crippen LogP) is 1.33. The lowest BCUT2D eigenvalue weighted by atomic mass is 10.1. The molecule has 0 aromatic heterocycles. The van der Waals surface area contributed by atoms with Crippen molar-refractivity contribution in [3.63, 3.8) is 0 Å². The maximum Gasteiger partial charge on any atom is 0.272 e. The molecule has 1 aliphatic rings. The number of nitrogens with one attached hydrogen (secondary N) is 1. The zero-order valence-electron chi connectivity index (χ0n) is 12.5. The maximum absolute atomic E-state index is 13.9. The number of rotatable bonds is 4. The topological polar surface area (TPSA) is 78.7 Å². The molecule has 6 nitrogen and oxygen atoms in total. The Kier molecular flexibility index (Phi) is 4.13. The van der Waals surface area contributed by atoms with E-state index in [1.165, 1.54) is 11.1 Å². The SMILES string of the molecule is NC(=O)CN1NN(Cc2c(F)cccc2F)c2ccccc2C1=O. The molecule has 24 heavy (non-hydrogen) atoms. The number of hydrogen-bond acceptors (Lipinski definition) is 4. The van der Waals surface area contributed by atoms with E-state index < -0.39 is 23.4 Å². The number of amides is 2. The van der Waals surface area contributed by atoms with Gasteiger partial charge in [0, 0.05) is 5.56 Å². The van der Waals surface area contributed by atoms with Gasteiger partial charge in [0.1, 0.15) is 18.2 Å². The van der Waals surface area contributed by atoms with E-state index in [2.05, 4.69) is 5.53 Å². The van der Waals surface area contributed by atoms with Crippen LogP contribution in [0.3, 0.4) is 0 Å². The van der Waals surface area contributed by atoms with Gasteiger partial charge in [0.15, 0.2) is 0 Å². The zero-order valence-corrected chi connectivity index (χ0v) is 12.5. The number of carbonyl (C=O) groups is 2. The molecule has 8 heteroatoms. The molecular formula is C16H14F2N4O2. The second-order valence-corrected chi connectivity index (χ2v) is 5.26. The standard InChI is InChI=1S/C16H14F2N4O2/c17-12-5-3-6-13(18)11(12)8-21-14-7-2-1-4-10(14)16(24)22(20-21)9-15(19)23/h1-7,20H,8-9H2,(H2,19,23). The van der Waals surface area contributed by atoms with Crippen molar-refractivity contribution in [2.24, 2.45) is 5.73 Å². The van der Waals surface area contributed by atoms with Crippen LogP contribution >= 0.6 is 0 Å². The van der Waals surface area contributed by atoms with E-state index in [1.54, 1.807) is 24.3 Å². The Morgan fingerprint density at radius 2 is 1.71 bits per heavy atom. The van der Waals surface area contributed by atoms with Crippen molar-refractivity contribution in [3.8, 4) is 0 Å². The first kappa shape index (κ1) is 15.9. The Balaban J connectivity index is 1.98. The number of fused-ring (bicyclic) bond motifs is 1. The highest BCUT2D eigenvalue weighted by Gasteiger charge is 2.30. The second kappa shape index (κ2) is 6.25. The first-order valence-corrected chi connectivity index (χ1v) is 7.13. The zero-order chi connectivity index (χ0) is 17.3. The third-order valence-electron chi connectivity index (χ3n) is 3.60. The molecule has 0 atom stereocenters. The fraction of sp³-hybridized carbons (Fsp3) is 0.125. The molecule has 0 spiro atoms. The summed E-state index contributed by atoms with van der Waals surface area (Å²) in [7, 11) is 0. The molecule has 1 aliphatic heterocycles. The van der Waals surface area contributed by atoms with Gasteiger partial charge in [-0.2, -0.15) is 0 Å². The van der Waals surface area contributed by atoms with Crippen molar-refractivity contribution in [2.45, 2.75) is 6.54 Å². The van der Waals surface area contributed by atoms with Crippen LogP contribution in [0.4, 0.5) is 14.5 Å². The Labute approximate surface area is 136 Å². The minimum Gasteiger partial charge on any atom is -0.368 e. The van der Waals surface area contributed by atoms with Crippen LogP contribution < -0.4 is 16.3 Å². The molecule has 2 amide bonds. The smallest absolute Gasteiger partial charge is 0.272 e. The maximum atomic E-state index is 13.9. The molecule has 1 heterocycles. The van der Waals surface area contributed by atoms with Crippen molar-refractivity contribution >= 4 is 17.5 Å². The van der Waals surface area contributed by atoms with Crippen LogP contribution in [0.1, 0.15) is 15.9 Å². The van der Waals surface area contributed by atoms with E-state index in [1.807, 2.05) is 0 Å². The van der Waals surface area contributed by atoms with Crippen LogP contribution in [0.5, 0.6) is 0 Å². The minimum absolute atomic E-state index is 0.159. The third kappa shape index (κ3) is 2.91. The number of benzene rings is 2. The fourth-order valence-electron chi connectivity index (χ4n) is 2.51. The summed E-state index contributed by atoms with van der Waals surface area (Å²) in [5, 5.41) is 2.39. The number of halogens is 2. The lowest BCUT2D eigenvalue weighted by molar-refractivity contribution is -0.119. The Hall–Kier alpha value is -3.00. The van der Waals surface area contributed by atoms with Crippen LogP contribution in [0.15, 0.2) is 42.5 Å². The number of hydrogen-bond donors (Lipinski definition) is 2. The quantitative estimate of drug-likeness (QED) is 0.885. The van der Waals surface area contributed by atoms with Gasteiger partial charge >= 0.3 is 0 Å². The summed E-state index contributed by atoms with van der Waals surface area (Å²) in [5.41, 5.74) is 8.41. The van der Waals surface area contributed by atoms with Gasteiger partial charge in [0.05, 0.1) is 17.8 Å². The summed E-state index contributed by atoms with van der Waals surface area (Å²) >= 11 is 0. The van der Waals surface area contributed by atoms with Crippen molar-refractivity contribution in [1.82, 2.24) is 10.5 Å². The number of para-hydroxylation sites is 1. The van der Waals surface area contributed by atoms with Crippen LogP contribution in [-0.2, 0) is 11.3 Å². The minimum atomic E-state index is -0.716. The van der Waals surface area contributed by atoms with Crippen molar-refractivity contribution < 1.29 is 18.4 Å². The largest absolute Gasteiger partial charge is 0.368 e. The predicted molar refractivity (Wildman–Crippen MR) is 82.3 cm³/mol. The summed E-state index contributed by atoms with van der Waals surface area (Å²) in [6, 6.07) is 10.1. The van der Waals surface area contributed by atoms with E-state index >= 15 is 0 Å². The van der Waals surface area contributed by atoms with Gasteiger partial charge in [0.25, 0.3) is 5.91 Å². The van der Waals surface area contributed by atoms with E-state index in [0.29, 0.717) is 11.3 Å². The second-order valence-electron chi connectivity index (χ2n) is 5.26. The number of nitrogens with two attached hydrogens (primary N) is 1. The van der Waals surface area contributed by atoms with Crippen molar-refractivity contribution in [3.05, 3.63) is 65.2 Å². The van der Waals surface area contributed by atoms with Crippen molar-refractivity contribution in [2.75, 3.05) is 11.6 Å². The molecule has 0 fully saturated rings. The molecule has 0 bridgehead atoms. The monoisotopic (exact) mass is 332 g/mol. The van der Waals surface area contributed by atoms with E-state index in [4.69, 9.17) is 5.73 Å². The molecule has 0 radical (unpaired) electrons. The lowest BCUT2D eigenvalue weighted by Crippen LogP contribution is -2.58. The van der Waals surface area contributed by atoms with Gasteiger partial charge in [-0.1, -0.05) is 18.2 Å². The molecule has 2 aromatic rings. The summed E-state index contributed by atoms with van der Waals surface area (Å²) in [6.07, 6.45) is 0. The van der Waals surface area contributed by atoms with E-state index in [9.17, 15) is 18.4 Å². The molecule has 0 saturated heterocycles. The third-order valence-corrected chi connectivity index (χ3v) is 3.60.